The molecule has 2 aromatic rings. The first kappa shape index (κ1) is 14.6. The number of hydrogen-bond acceptors (Lipinski definition) is 5. The largest absolute Gasteiger partial charge is 0.493 e. The van der Waals surface area contributed by atoms with Crippen molar-refractivity contribution in [2.45, 2.75) is 32.0 Å². The molecule has 0 amide bonds. The zero-order valence-electron chi connectivity index (χ0n) is 12.0. The molecule has 1 saturated carbocycles. The first-order valence-electron chi connectivity index (χ1n) is 6.92. The lowest BCUT2D eigenvalue weighted by Gasteiger charge is -2.12. The Morgan fingerprint density at radius 1 is 1.36 bits per heavy atom. The van der Waals surface area contributed by atoms with Gasteiger partial charge in [-0.25, -0.2) is 0 Å². The Morgan fingerprint density at radius 3 is 2.86 bits per heavy atom. The molecule has 1 aliphatic carbocycles. The van der Waals surface area contributed by atoms with Gasteiger partial charge in [-0.15, -0.1) is 10.2 Å². The molecule has 118 valence electrons. The average Bonchev–Trinajstić information content (AvgIpc) is 3.23. The van der Waals surface area contributed by atoms with E-state index in [2.05, 4.69) is 20.3 Å². The van der Waals surface area contributed by atoms with Crippen molar-refractivity contribution < 1.29 is 18.3 Å². The summed E-state index contributed by atoms with van der Waals surface area (Å²) < 4.78 is 36.3. The minimum atomic E-state index is -2.89. The predicted molar refractivity (Wildman–Crippen MR) is 75.2 cm³/mol. The third-order valence-electron chi connectivity index (χ3n) is 3.41. The molecular weight excluding hydrogens is 294 g/mol. The van der Waals surface area contributed by atoms with Crippen molar-refractivity contribution >= 4 is 5.95 Å². The number of nitrogens with zero attached hydrogens (tertiary/aromatic N) is 3. The minimum Gasteiger partial charge on any atom is -0.493 e. The summed E-state index contributed by atoms with van der Waals surface area (Å²) in [5.74, 6) is 0.959. The number of nitrogens with one attached hydrogen (secondary N) is 1. The molecule has 8 heteroatoms. The number of anilines is 1. The highest BCUT2D eigenvalue weighted by Gasteiger charge is 2.26. The van der Waals surface area contributed by atoms with E-state index in [4.69, 9.17) is 4.74 Å². The normalized spacial score (nSPS) is 14.2. The molecule has 1 heterocycles. The van der Waals surface area contributed by atoms with Crippen LogP contribution in [-0.4, -0.2) is 28.5 Å². The Balaban J connectivity index is 1.70. The van der Waals surface area contributed by atoms with Crippen LogP contribution in [0.15, 0.2) is 24.5 Å². The zero-order chi connectivity index (χ0) is 15.5. The molecule has 0 bridgehead atoms. The van der Waals surface area contributed by atoms with Crippen LogP contribution < -0.4 is 14.8 Å². The lowest BCUT2D eigenvalue weighted by atomic mass is 10.2. The molecule has 1 aromatic heterocycles. The molecule has 0 unspecified atom stereocenters. The summed E-state index contributed by atoms with van der Waals surface area (Å²) in [6.07, 6.45) is 3.95. The summed E-state index contributed by atoms with van der Waals surface area (Å²) >= 11 is 0. The van der Waals surface area contributed by atoms with E-state index in [0.29, 0.717) is 18.5 Å². The minimum absolute atomic E-state index is 0.0143. The van der Waals surface area contributed by atoms with E-state index < -0.39 is 6.61 Å². The molecule has 0 aliphatic heterocycles. The van der Waals surface area contributed by atoms with Crippen molar-refractivity contribution in [1.29, 1.82) is 0 Å². The van der Waals surface area contributed by atoms with Crippen molar-refractivity contribution in [3.8, 4) is 11.5 Å². The Labute approximate surface area is 126 Å². The molecule has 0 atom stereocenters. The topological polar surface area (TPSA) is 61.2 Å². The van der Waals surface area contributed by atoms with Crippen LogP contribution in [0.2, 0.25) is 0 Å². The highest BCUT2D eigenvalue weighted by molar-refractivity contribution is 5.44. The average molecular weight is 310 g/mol. The number of alkyl halides is 2. The molecule has 1 fully saturated rings. The second kappa shape index (κ2) is 6.17. The second-order valence-electron chi connectivity index (χ2n) is 5.01. The number of halogens is 2. The van der Waals surface area contributed by atoms with Crippen molar-refractivity contribution in [1.82, 2.24) is 14.8 Å². The zero-order valence-corrected chi connectivity index (χ0v) is 12.0. The van der Waals surface area contributed by atoms with Crippen LogP contribution in [0, 0.1) is 0 Å². The summed E-state index contributed by atoms with van der Waals surface area (Å²) in [6, 6.07) is 5.36. The molecule has 1 aromatic carbocycles. The van der Waals surface area contributed by atoms with E-state index in [1.807, 2.05) is 4.57 Å². The van der Waals surface area contributed by atoms with Crippen molar-refractivity contribution in [2.24, 2.45) is 0 Å². The van der Waals surface area contributed by atoms with Crippen LogP contribution in [0.1, 0.15) is 24.4 Å². The highest BCUT2D eigenvalue weighted by Crippen LogP contribution is 2.36. The summed E-state index contributed by atoms with van der Waals surface area (Å²) in [5.41, 5.74) is 0.779. The lowest BCUT2D eigenvalue weighted by Crippen LogP contribution is -2.08. The fourth-order valence-electron chi connectivity index (χ4n) is 2.19. The fraction of sp³-hybridized carbons (Fsp3) is 0.429. The summed E-state index contributed by atoms with van der Waals surface area (Å²) in [6.45, 7) is -2.47. The smallest absolute Gasteiger partial charge is 0.387 e. The SMILES string of the molecule is COc1ccc(CNc2nncn2C2CC2)cc1OC(F)F. The van der Waals surface area contributed by atoms with Gasteiger partial charge in [0, 0.05) is 12.6 Å². The summed E-state index contributed by atoms with van der Waals surface area (Å²) in [5, 5.41) is 11.1. The van der Waals surface area contributed by atoms with Crippen molar-refractivity contribution in [3.05, 3.63) is 30.1 Å². The van der Waals surface area contributed by atoms with Gasteiger partial charge in [0.2, 0.25) is 5.95 Å². The number of hydrogen-bond donors (Lipinski definition) is 1. The predicted octanol–water partition coefficient (Wildman–Crippen LogP) is 2.84. The molecular formula is C14H16F2N4O2. The standard InChI is InChI=1S/C14H16F2N4O2/c1-21-11-5-2-9(6-12(11)22-13(15)16)7-17-14-19-18-8-20(14)10-3-4-10/h2,5-6,8,10,13H,3-4,7H2,1H3,(H,17,19). The fourth-order valence-corrected chi connectivity index (χ4v) is 2.19. The Bertz CT molecular complexity index is 644. The monoisotopic (exact) mass is 310 g/mol. The van der Waals surface area contributed by atoms with Crippen LogP contribution in [-0.2, 0) is 6.54 Å². The van der Waals surface area contributed by atoms with Crippen LogP contribution in [0.5, 0.6) is 11.5 Å². The van der Waals surface area contributed by atoms with Gasteiger partial charge >= 0.3 is 6.61 Å². The van der Waals surface area contributed by atoms with Gasteiger partial charge in [-0.05, 0) is 30.5 Å². The van der Waals surface area contributed by atoms with Crippen molar-refractivity contribution in [2.75, 3.05) is 12.4 Å². The van der Waals surface area contributed by atoms with Gasteiger partial charge in [-0.2, -0.15) is 8.78 Å². The Morgan fingerprint density at radius 2 is 2.18 bits per heavy atom. The van der Waals surface area contributed by atoms with E-state index in [-0.39, 0.29) is 11.5 Å². The van der Waals surface area contributed by atoms with Gasteiger partial charge in [0.1, 0.15) is 6.33 Å². The quantitative estimate of drug-likeness (QED) is 0.852. The molecule has 1 aliphatic rings. The number of ether oxygens (including phenoxy) is 2. The molecule has 0 saturated heterocycles. The van der Waals surface area contributed by atoms with Crippen LogP contribution in [0.3, 0.4) is 0 Å². The van der Waals surface area contributed by atoms with E-state index in [1.165, 1.54) is 13.2 Å². The van der Waals surface area contributed by atoms with Gasteiger partial charge in [0.15, 0.2) is 11.5 Å². The molecule has 0 spiro atoms. The molecule has 6 nitrogen and oxygen atoms in total. The molecule has 22 heavy (non-hydrogen) atoms. The molecule has 1 N–H and O–H groups in total. The Hall–Kier alpha value is -2.38. The Kier molecular flexibility index (Phi) is 4.08. The van der Waals surface area contributed by atoms with Crippen LogP contribution >= 0.6 is 0 Å². The maximum Gasteiger partial charge on any atom is 0.387 e. The first-order valence-corrected chi connectivity index (χ1v) is 6.92. The van der Waals surface area contributed by atoms with E-state index >= 15 is 0 Å². The number of benzene rings is 1. The van der Waals surface area contributed by atoms with Gasteiger partial charge in [-0.3, -0.25) is 4.57 Å². The van der Waals surface area contributed by atoms with Gasteiger partial charge < -0.3 is 14.8 Å². The number of aromatic nitrogens is 3. The van der Waals surface area contributed by atoms with Gasteiger partial charge in [0.05, 0.1) is 7.11 Å². The van der Waals surface area contributed by atoms with Crippen LogP contribution in [0.25, 0.3) is 0 Å². The van der Waals surface area contributed by atoms with E-state index in [0.717, 1.165) is 18.4 Å². The summed E-state index contributed by atoms with van der Waals surface area (Å²) in [4.78, 5) is 0. The first-order chi connectivity index (χ1) is 10.7. The maximum absolute atomic E-state index is 12.4. The van der Waals surface area contributed by atoms with Crippen molar-refractivity contribution in [3.63, 3.8) is 0 Å². The third-order valence-corrected chi connectivity index (χ3v) is 3.41. The van der Waals surface area contributed by atoms with Gasteiger partial charge in [-0.1, -0.05) is 6.07 Å². The number of methoxy groups -OCH3 is 1. The molecule has 3 rings (SSSR count). The van der Waals surface area contributed by atoms with Gasteiger partial charge in [0.25, 0.3) is 0 Å². The number of rotatable bonds is 7. The molecule has 0 radical (unpaired) electrons. The second-order valence-corrected chi connectivity index (χ2v) is 5.01. The van der Waals surface area contributed by atoms with E-state index in [1.54, 1.807) is 18.5 Å². The van der Waals surface area contributed by atoms with Crippen LogP contribution in [0.4, 0.5) is 14.7 Å². The van der Waals surface area contributed by atoms with E-state index in [9.17, 15) is 8.78 Å². The third kappa shape index (κ3) is 3.26. The summed E-state index contributed by atoms with van der Waals surface area (Å²) in [7, 11) is 1.41. The maximum atomic E-state index is 12.4. The lowest BCUT2D eigenvalue weighted by molar-refractivity contribution is -0.0512. The highest BCUT2D eigenvalue weighted by atomic mass is 19.3.